The molecule has 0 aliphatic carbocycles. The number of azo groups is 1. The number of nitrogens with one attached hydrogen (secondary N) is 1. The fraction of sp³-hybridized carbons (Fsp3) is 0.0870. The van der Waals surface area contributed by atoms with Crippen LogP contribution in [0.3, 0.4) is 0 Å². The molecule has 2 heterocycles. The van der Waals surface area contributed by atoms with Gasteiger partial charge in [0.05, 0.1) is 22.1 Å². The first kappa shape index (κ1) is 22.4. The molecule has 0 radical (unpaired) electrons. The van der Waals surface area contributed by atoms with E-state index in [1.165, 1.54) is 12.3 Å². The second-order valence-electron chi connectivity index (χ2n) is 7.02. The average molecular weight is 482 g/mol. The molecule has 0 spiro atoms. The molecule has 4 rings (SSSR count). The molecule has 2 aromatic carbocycles. The van der Waals surface area contributed by atoms with Crippen molar-refractivity contribution in [1.82, 2.24) is 14.9 Å². The number of rotatable bonds is 6. The number of aromatic nitrogens is 2. The van der Waals surface area contributed by atoms with Crippen LogP contribution in [-0.4, -0.2) is 33.0 Å². The van der Waals surface area contributed by atoms with Crippen molar-refractivity contribution in [3.63, 3.8) is 0 Å². The molecule has 2 aromatic heterocycles. The van der Waals surface area contributed by atoms with E-state index in [0.29, 0.717) is 27.5 Å². The second-order valence-corrected chi connectivity index (χ2v) is 7.83. The number of nitrogens with zero attached hydrogens (tertiary/aromatic N) is 4. The van der Waals surface area contributed by atoms with Crippen LogP contribution in [-0.2, 0) is 11.3 Å². The highest BCUT2D eigenvalue weighted by Crippen LogP contribution is 2.39. The van der Waals surface area contributed by atoms with Gasteiger partial charge in [-0.15, -0.1) is 10.2 Å². The minimum Gasteiger partial charge on any atom is -0.493 e. The minimum absolute atomic E-state index is 0.148. The van der Waals surface area contributed by atoms with Gasteiger partial charge in [-0.1, -0.05) is 53.5 Å². The largest absolute Gasteiger partial charge is 0.493 e. The van der Waals surface area contributed by atoms with E-state index in [0.717, 1.165) is 5.56 Å². The molecule has 33 heavy (non-hydrogen) atoms. The number of hydrogen-bond acceptors (Lipinski definition) is 5. The van der Waals surface area contributed by atoms with Crippen LogP contribution in [0.5, 0.6) is 5.88 Å². The van der Waals surface area contributed by atoms with E-state index < -0.39 is 11.8 Å². The zero-order valence-electron chi connectivity index (χ0n) is 17.1. The zero-order valence-corrected chi connectivity index (χ0v) is 18.6. The quantitative estimate of drug-likeness (QED) is 0.371. The molecule has 2 amide bonds. The van der Waals surface area contributed by atoms with Crippen molar-refractivity contribution in [2.75, 3.05) is 6.54 Å². The summed E-state index contributed by atoms with van der Waals surface area (Å²) in [5.41, 5.74) is 1.85. The van der Waals surface area contributed by atoms with Gasteiger partial charge in [-0.2, -0.15) is 0 Å². The van der Waals surface area contributed by atoms with Gasteiger partial charge in [-0.05, 0) is 35.9 Å². The van der Waals surface area contributed by atoms with Crippen molar-refractivity contribution >= 4 is 51.6 Å². The normalized spacial score (nSPS) is 11.2. The topological polar surface area (TPSA) is 109 Å². The number of pyridine rings is 1. The van der Waals surface area contributed by atoms with Gasteiger partial charge in [0.25, 0.3) is 11.8 Å². The Balaban J connectivity index is 1.54. The SMILES string of the molecule is O=C(CNC(=O)c1ccccn1)N=Nc1c(O)n(Cc2ccc(Cl)c(Cl)c2)c2ccccc12. The molecule has 0 unspecified atom stereocenters. The third kappa shape index (κ3) is 5.02. The maximum atomic E-state index is 12.2. The molecule has 0 saturated carbocycles. The molecule has 0 atom stereocenters. The molecular formula is C23H17Cl2N5O3. The van der Waals surface area contributed by atoms with E-state index in [1.54, 1.807) is 47.0 Å². The van der Waals surface area contributed by atoms with E-state index >= 15 is 0 Å². The van der Waals surface area contributed by atoms with Gasteiger partial charge in [0.15, 0.2) is 5.69 Å². The fourth-order valence-electron chi connectivity index (χ4n) is 3.24. The number of carbonyl (C=O) groups is 2. The Morgan fingerprint density at radius 1 is 1.03 bits per heavy atom. The van der Waals surface area contributed by atoms with Gasteiger partial charge in [0, 0.05) is 11.6 Å². The van der Waals surface area contributed by atoms with Crippen molar-refractivity contribution in [2.24, 2.45) is 10.2 Å². The standard InChI is InChI=1S/C23H17Cl2N5O3/c24-16-9-8-14(11-17(16)25)13-30-19-7-2-1-5-15(19)21(23(30)33)29-28-20(31)12-27-22(32)18-6-3-4-10-26-18/h1-11,33H,12-13H2,(H,27,32). The summed E-state index contributed by atoms with van der Waals surface area (Å²) in [5.74, 6) is -1.34. The number of benzene rings is 2. The van der Waals surface area contributed by atoms with Gasteiger partial charge in [-0.25, -0.2) is 0 Å². The molecule has 0 fully saturated rings. The first-order chi connectivity index (χ1) is 15.9. The molecule has 0 aliphatic heterocycles. The van der Waals surface area contributed by atoms with Crippen LogP contribution in [0, 0.1) is 0 Å². The van der Waals surface area contributed by atoms with Crippen LogP contribution in [0.2, 0.25) is 10.0 Å². The fourth-order valence-corrected chi connectivity index (χ4v) is 3.56. The van der Waals surface area contributed by atoms with E-state index in [9.17, 15) is 14.7 Å². The number of hydrogen-bond donors (Lipinski definition) is 2. The van der Waals surface area contributed by atoms with Crippen LogP contribution in [0.25, 0.3) is 10.9 Å². The Bertz CT molecular complexity index is 1370. The number of fused-ring (bicyclic) bond motifs is 1. The highest BCUT2D eigenvalue weighted by atomic mass is 35.5. The highest BCUT2D eigenvalue weighted by molar-refractivity contribution is 6.42. The molecule has 0 bridgehead atoms. The lowest BCUT2D eigenvalue weighted by molar-refractivity contribution is -0.117. The monoisotopic (exact) mass is 481 g/mol. The second kappa shape index (κ2) is 9.81. The van der Waals surface area contributed by atoms with Gasteiger partial charge in [0.1, 0.15) is 12.2 Å². The van der Waals surface area contributed by atoms with Crippen LogP contribution in [0.4, 0.5) is 5.69 Å². The molecule has 4 aromatic rings. The lowest BCUT2D eigenvalue weighted by Gasteiger charge is -2.08. The van der Waals surface area contributed by atoms with Gasteiger partial charge in [0.2, 0.25) is 5.88 Å². The van der Waals surface area contributed by atoms with E-state index in [1.807, 2.05) is 12.1 Å². The summed E-state index contributed by atoms with van der Waals surface area (Å²) in [6.45, 7) is -0.0611. The number of halogens is 2. The van der Waals surface area contributed by atoms with Crippen LogP contribution in [0.15, 0.2) is 77.1 Å². The summed E-state index contributed by atoms with van der Waals surface area (Å²) in [5, 5.41) is 22.4. The summed E-state index contributed by atoms with van der Waals surface area (Å²) >= 11 is 12.1. The molecule has 0 saturated heterocycles. The molecule has 10 heteroatoms. The maximum Gasteiger partial charge on any atom is 0.283 e. The molecular weight excluding hydrogens is 465 g/mol. The Hall–Kier alpha value is -3.75. The number of para-hydroxylation sites is 1. The van der Waals surface area contributed by atoms with Gasteiger partial charge < -0.3 is 15.0 Å². The van der Waals surface area contributed by atoms with Gasteiger partial charge in [-0.3, -0.25) is 14.6 Å². The Morgan fingerprint density at radius 2 is 1.82 bits per heavy atom. The zero-order chi connectivity index (χ0) is 23.4. The summed E-state index contributed by atoms with van der Waals surface area (Å²) in [6.07, 6.45) is 1.48. The third-order valence-corrected chi connectivity index (χ3v) is 5.54. The average Bonchev–Trinajstić information content (AvgIpc) is 3.09. The lowest BCUT2D eigenvalue weighted by atomic mass is 10.2. The maximum absolute atomic E-state index is 12.2. The summed E-state index contributed by atoms with van der Waals surface area (Å²) in [7, 11) is 0. The summed E-state index contributed by atoms with van der Waals surface area (Å²) in [6, 6.07) is 17.3. The van der Waals surface area contributed by atoms with Crippen LogP contribution in [0.1, 0.15) is 16.1 Å². The highest BCUT2D eigenvalue weighted by Gasteiger charge is 2.17. The smallest absolute Gasteiger partial charge is 0.283 e. The number of carbonyl (C=O) groups excluding carboxylic acids is 2. The van der Waals surface area contributed by atoms with Crippen LogP contribution >= 0.6 is 23.2 Å². The first-order valence-electron chi connectivity index (χ1n) is 9.82. The Morgan fingerprint density at radius 3 is 2.58 bits per heavy atom. The van der Waals surface area contributed by atoms with E-state index in [2.05, 4.69) is 20.5 Å². The number of amides is 2. The molecule has 0 aliphatic rings. The van der Waals surface area contributed by atoms with Crippen molar-refractivity contribution in [3.05, 3.63) is 88.2 Å². The molecule has 166 valence electrons. The number of aromatic hydroxyl groups is 1. The van der Waals surface area contributed by atoms with E-state index in [-0.39, 0.29) is 23.8 Å². The van der Waals surface area contributed by atoms with Crippen molar-refractivity contribution in [3.8, 4) is 5.88 Å². The summed E-state index contributed by atoms with van der Waals surface area (Å²) < 4.78 is 1.64. The summed E-state index contributed by atoms with van der Waals surface area (Å²) in [4.78, 5) is 28.1. The van der Waals surface area contributed by atoms with Crippen molar-refractivity contribution in [2.45, 2.75) is 6.54 Å². The van der Waals surface area contributed by atoms with Gasteiger partial charge >= 0.3 is 0 Å². The third-order valence-electron chi connectivity index (χ3n) is 4.80. The Labute approximate surface area is 198 Å². The lowest BCUT2D eigenvalue weighted by Crippen LogP contribution is -2.29. The van der Waals surface area contributed by atoms with Crippen molar-refractivity contribution in [1.29, 1.82) is 0 Å². The van der Waals surface area contributed by atoms with Crippen LogP contribution < -0.4 is 5.32 Å². The predicted octanol–water partition coefficient (Wildman–Crippen LogP) is 5.14. The van der Waals surface area contributed by atoms with E-state index in [4.69, 9.17) is 23.2 Å². The first-order valence-corrected chi connectivity index (χ1v) is 10.6. The Kier molecular flexibility index (Phi) is 6.67. The molecule has 2 N–H and O–H groups in total. The van der Waals surface area contributed by atoms with Crippen molar-refractivity contribution < 1.29 is 14.7 Å². The predicted molar refractivity (Wildman–Crippen MR) is 125 cm³/mol. The molecule has 8 nitrogen and oxygen atoms in total. The minimum atomic E-state index is -0.681.